The Bertz CT molecular complexity index is 1610. The normalized spacial score (nSPS) is 11.2. The predicted octanol–water partition coefficient (Wildman–Crippen LogP) is 5.53. The lowest BCUT2D eigenvalue weighted by atomic mass is 10.1. The molecule has 0 amide bonds. The van der Waals surface area contributed by atoms with Gasteiger partial charge in [-0.1, -0.05) is 18.2 Å². The largest absolute Gasteiger partial charge is 0.508 e. The Balaban J connectivity index is 1.34. The summed E-state index contributed by atoms with van der Waals surface area (Å²) in [5.74, 6) is 1.40. The van der Waals surface area contributed by atoms with Crippen LogP contribution in [0.1, 0.15) is 5.56 Å². The van der Waals surface area contributed by atoms with Gasteiger partial charge in [-0.2, -0.15) is 21.3 Å². The molecule has 0 aliphatic rings. The molecule has 2 aromatic carbocycles. The van der Waals surface area contributed by atoms with E-state index >= 15 is 0 Å². The highest BCUT2D eigenvalue weighted by Gasteiger charge is 2.15. The van der Waals surface area contributed by atoms with E-state index in [2.05, 4.69) is 26.0 Å². The first-order valence-electron chi connectivity index (χ1n) is 11.1. The van der Waals surface area contributed by atoms with Crippen LogP contribution in [0.4, 0.5) is 17.5 Å². The van der Waals surface area contributed by atoms with Crippen molar-refractivity contribution in [1.29, 1.82) is 0 Å². The minimum Gasteiger partial charge on any atom is -0.508 e. The zero-order valence-electron chi connectivity index (χ0n) is 18.6. The van der Waals surface area contributed by atoms with Gasteiger partial charge in [-0.25, -0.2) is 4.98 Å². The summed E-state index contributed by atoms with van der Waals surface area (Å²) in [5.41, 5.74) is 5.36. The second kappa shape index (κ2) is 9.03. The van der Waals surface area contributed by atoms with E-state index < -0.39 is 0 Å². The van der Waals surface area contributed by atoms with Crippen LogP contribution < -0.4 is 10.6 Å². The number of hydrogen-bond donors (Lipinski definition) is 3. The van der Waals surface area contributed by atoms with Crippen LogP contribution in [0.2, 0.25) is 0 Å². The zero-order valence-corrected chi connectivity index (χ0v) is 19.4. The van der Waals surface area contributed by atoms with Crippen LogP contribution in [0.5, 0.6) is 5.75 Å². The number of phenols is 1. The summed E-state index contributed by atoms with van der Waals surface area (Å²) in [5, 5.41) is 21.4. The predicted molar refractivity (Wildman–Crippen MR) is 140 cm³/mol. The highest BCUT2D eigenvalue weighted by atomic mass is 32.1. The zero-order chi connectivity index (χ0) is 23.6. The number of anilines is 3. The minimum atomic E-state index is 0.262. The highest BCUT2D eigenvalue weighted by molar-refractivity contribution is 7.08. The molecule has 0 spiro atoms. The van der Waals surface area contributed by atoms with Crippen LogP contribution in [0.25, 0.3) is 27.8 Å². The van der Waals surface area contributed by atoms with E-state index in [9.17, 15) is 5.11 Å². The first-order valence-corrected chi connectivity index (χ1v) is 12.1. The quantitative estimate of drug-likeness (QED) is 0.277. The van der Waals surface area contributed by atoms with Crippen molar-refractivity contribution >= 4 is 50.9 Å². The van der Waals surface area contributed by atoms with E-state index in [4.69, 9.17) is 9.97 Å². The average molecular weight is 480 g/mol. The monoisotopic (exact) mass is 479 g/mol. The highest BCUT2D eigenvalue weighted by Crippen LogP contribution is 2.27. The molecule has 3 N–H and O–H groups in total. The van der Waals surface area contributed by atoms with Gasteiger partial charge in [-0.3, -0.25) is 9.55 Å². The van der Waals surface area contributed by atoms with Crippen LogP contribution in [0.15, 0.2) is 83.9 Å². The average Bonchev–Trinajstić information content (AvgIpc) is 3.55. The van der Waals surface area contributed by atoms with Crippen LogP contribution >= 0.6 is 11.3 Å². The van der Waals surface area contributed by atoms with Crippen molar-refractivity contribution < 1.29 is 5.11 Å². The SMILES string of the molecule is Oc1ccc(CCNc2nc(Nc3ccc4ncccc4c3)nc3c2ncn3-c2ccsc2)cc1. The van der Waals surface area contributed by atoms with Crippen molar-refractivity contribution in [3.8, 4) is 11.4 Å². The molecule has 0 aliphatic carbocycles. The Morgan fingerprint density at radius 1 is 0.971 bits per heavy atom. The van der Waals surface area contributed by atoms with Crippen LogP contribution in [0, 0.1) is 0 Å². The summed E-state index contributed by atoms with van der Waals surface area (Å²) < 4.78 is 1.97. The summed E-state index contributed by atoms with van der Waals surface area (Å²) in [6, 6.07) is 19.2. The topological polar surface area (TPSA) is 101 Å². The van der Waals surface area contributed by atoms with Crippen molar-refractivity contribution in [3.05, 3.63) is 89.5 Å². The van der Waals surface area contributed by atoms with Gasteiger partial charge in [0.15, 0.2) is 17.0 Å². The maximum Gasteiger partial charge on any atom is 0.231 e. The molecule has 4 heterocycles. The fourth-order valence-electron chi connectivity index (χ4n) is 3.93. The molecule has 9 heteroatoms. The van der Waals surface area contributed by atoms with E-state index in [0.717, 1.165) is 39.9 Å². The molecule has 0 unspecified atom stereocenters. The van der Waals surface area contributed by atoms with Gasteiger partial charge in [-0.15, -0.1) is 0 Å². The molecule has 0 fully saturated rings. The van der Waals surface area contributed by atoms with E-state index in [-0.39, 0.29) is 5.75 Å². The fourth-order valence-corrected chi connectivity index (χ4v) is 4.56. The lowest BCUT2D eigenvalue weighted by Crippen LogP contribution is -2.09. The molecule has 0 saturated heterocycles. The summed E-state index contributed by atoms with van der Waals surface area (Å²) in [6.45, 7) is 0.656. The number of pyridine rings is 1. The number of thiophene rings is 1. The summed E-state index contributed by atoms with van der Waals surface area (Å²) >= 11 is 1.62. The molecule has 0 bridgehead atoms. The third-order valence-electron chi connectivity index (χ3n) is 5.68. The summed E-state index contributed by atoms with van der Waals surface area (Å²) in [4.78, 5) is 18.6. The second-order valence-corrected chi connectivity index (χ2v) is 8.82. The minimum absolute atomic E-state index is 0.262. The number of phenolic OH excluding ortho intramolecular Hbond substituents is 1. The van der Waals surface area contributed by atoms with Crippen LogP contribution in [-0.4, -0.2) is 36.2 Å². The molecule has 0 aliphatic heterocycles. The lowest BCUT2D eigenvalue weighted by Gasteiger charge is -2.11. The van der Waals surface area contributed by atoms with Gasteiger partial charge in [0.05, 0.1) is 11.2 Å². The second-order valence-electron chi connectivity index (χ2n) is 8.04. The van der Waals surface area contributed by atoms with Gasteiger partial charge in [-0.05, 0) is 59.8 Å². The number of aromatic hydroxyl groups is 1. The third kappa shape index (κ3) is 4.36. The number of nitrogens with one attached hydrogen (secondary N) is 2. The van der Waals surface area contributed by atoms with E-state index in [0.29, 0.717) is 23.8 Å². The molecule has 6 aromatic rings. The Morgan fingerprint density at radius 2 is 1.89 bits per heavy atom. The van der Waals surface area contributed by atoms with Crippen LogP contribution in [0.3, 0.4) is 0 Å². The molecule has 0 atom stereocenters. The van der Waals surface area contributed by atoms with Gasteiger partial charge >= 0.3 is 0 Å². The number of hydrogen-bond acceptors (Lipinski definition) is 8. The molecule has 6 rings (SSSR count). The Hall–Kier alpha value is -4.50. The van der Waals surface area contributed by atoms with Crippen molar-refractivity contribution in [2.45, 2.75) is 6.42 Å². The molecule has 0 radical (unpaired) electrons. The molecule has 172 valence electrons. The Labute approximate surface area is 205 Å². The van der Waals surface area contributed by atoms with Crippen molar-refractivity contribution in [1.82, 2.24) is 24.5 Å². The van der Waals surface area contributed by atoms with Crippen LogP contribution in [-0.2, 0) is 6.42 Å². The standard InChI is InChI=1S/C26H21N7OS/c34-21-6-3-17(4-7-21)9-12-28-24-23-25(33(16-29-23)20-10-13-35-15-20)32-26(31-24)30-19-5-8-22-18(14-19)2-1-11-27-22/h1-8,10-11,13-16,34H,9,12H2,(H2,28,30,31,32). The molecular weight excluding hydrogens is 458 g/mol. The first kappa shape index (κ1) is 21.1. The van der Waals surface area contributed by atoms with E-state index in [1.54, 1.807) is 36.0 Å². The number of fused-ring (bicyclic) bond motifs is 2. The smallest absolute Gasteiger partial charge is 0.231 e. The van der Waals surface area contributed by atoms with Crippen molar-refractivity contribution in [2.75, 3.05) is 17.2 Å². The van der Waals surface area contributed by atoms with Gasteiger partial charge in [0.25, 0.3) is 0 Å². The number of aromatic nitrogens is 5. The number of imidazole rings is 1. The maximum atomic E-state index is 9.52. The van der Waals surface area contributed by atoms with Gasteiger partial charge in [0.2, 0.25) is 5.95 Å². The first-order chi connectivity index (χ1) is 17.2. The summed E-state index contributed by atoms with van der Waals surface area (Å²) in [6.07, 6.45) is 4.34. The van der Waals surface area contributed by atoms with Crippen molar-refractivity contribution in [2.24, 2.45) is 0 Å². The molecule has 0 saturated carbocycles. The number of nitrogens with zero attached hydrogens (tertiary/aromatic N) is 5. The fraction of sp³-hybridized carbons (Fsp3) is 0.0769. The van der Waals surface area contributed by atoms with E-state index in [1.165, 1.54) is 0 Å². The number of rotatable bonds is 7. The van der Waals surface area contributed by atoms with E-state index in [1.807, 2.05) is 58.5 Å². The molecule has 35 heavy (non-hydrogen) atoms. The summed E-state index contributed by atoms with van der Waals surface area (Å²) in [7, 11) is 0. The maximum absolute atomic E-state index is 9.52. The van der Waals surface area contributed by atoms with Gasteiger partial charge < -0.3 is 15.7 Å². The third-order valence-corrected chi connectivity index (χ3v) is 6.35. The van der Waals surface area contributed by atoms with Gasteiger partial charge in [0, 0.05) is 29.2 Å². The molecule has 8 nitrogen and oxygen atoms in total. The van der Waals surface area contributed by atoms with Gasteiger partial charge in [0.1, 0.15) is 12.1 Å². The Kier molecular flexibility index (Phi) is 5.44. The molecule has 4 aromatic heterocycles. The molecular formula is C26H21N7OS. The Morgan fingerprint density at radius 3 is 2.74 bits per heavy atom. The lowest BCUT2D eigenvalue weighted by molar-refractivity contribution is 0.475. The van der Waals surface area contributed by atoms with Crippen molar-refractivity contribution in [3.63, 3.8) is 0 Å². The number of benzene rings is 2.